The second kappa shape index (κ2) is 11.1. The van der Waals surface area contributed by atoms with Crippen molar-refractivity contribution in [1.82, 2.24) is 24.4 Å². The van der Waals surface area contributed by atoms with Crippen LogP contribution in [0.3, 0.4) is 0 Å². The van der Waals surface area contributed by atoms with Crippen molar-refractivity contribution in [3.63, 3.8) is 0 Å². The number of likely N-dealkylation sites (tertiary alicyclic amines) is 1. The Labute approximate surface area is 234 Å². The van der Waals surface area contributed by atoms with E-state index in [1.165, 1.54) is 12.1 Å². The van der Waals surface area contributed by atoms with Crippen molar-refractivity contribution in [2.45, 2.75) is 59.1 Å². The van der Waals surface area contributed by atoms with Crippen LogP contribution in [0.25, 0.3) is 22.6 Å². The monoisotopic (exact) mass is 542 g/mol. The first-order chi connectivity index (χ1) is 19.1. The topological polar surface area (TPSA) is 85.2 Å². The second-order valence-electron chi connectivity index (χ2n) is 11.3. The Morgan fingerprint density at radius 2 is 1.68 bits per heavy atom. The molecule has 5 rings (SSSR count). The first-order valence-electron chi connectivity index (χ1n) is 13.6. The van der Waals surface area contributed by atoms with Gasteiger partial charge in [-0.05, 0) is 101 Å². The molecule has 1 aliphatic rings. The molecular weight excluding hydrogens is 507 g/mol. The van der Waals surface area contributed by atoms with E-state index in [1.807, 2.05) is 33.2 Å². The highest BCUT2D eigenvalue weighted by Gasteiger charge is 2.30. The van der Waals surface area contributed by atoms with E-state index in [9.17, 15) is 9.18 Å². The summed E-state index contributed by atoms with van der Waals surface area (Å²) in [6.07, 6.45) is 4.74. The van der Waals surface area contributed by atoms with Gasteiger partial charge in [0.2, 0.25) is 5.95 Å². The number of hydrogen-bond acceptors (Lipinski definition) is 6. The number of rotatable bonds is 5. The van der Waals surface area contributed by atoms with Crippen molar-refractivity contribution in [2.24, 2.45) is 0 Å². The number of carbonyl (C=O) groups is 1. The third-order valence-electron chi connectivity index (χ3n) is 6.80. The van der Waals surface area contributed by atoms with Crippen LogP contribution in [0.2, 0.25) is 0 Å². The summed E-state index contributed by atoms with van der Waals surface area (Å²) in [5.41, 5.74) is 5.71. The second-order valence-corrected chi connectivity index (χ2v) is 11.3. The van der Waals surface area contributed by atoms with Crippen LogP contribution in [-0.2, 0) is 4.74 Å². The zero-order valence-corrected chi connectivity index (χ0v) is 23.6. The lowest BCUT2D eigenvalue weighted by molar-refractivity contribution is 0.0189. The minimum absolute atomic E-state index is 0.0983. The quantitative estimate of drug-likeness (QED) is 0.290. The number of imidazole rings is 1. The number of benzene rings is 2. The number of hydrogen-bond donors (Lipinski definition) is 1. The SMILES string of the molecule is Cc1cc(C)cc(Nc2nccc(-c3c(-c4ccc(F)cc4)ncn3C3CCN(C(=O)OC(C)(C)C)CC3)n2)c1. The van der Waals surface area contributed by atoms with Gasteiger partial charge in [-0.15, -0.1) is 0 Å². The number of halogens is 1. The highest BCUT2D eigenvalue weighted by Crippen LogP contribution is 2.36. The Hall–Kier alpha value is -4.27. The van der Waals surface area contributed by atoms with Gasteiger partial charge in [-0.25, -0.2) is 24.1 Å². The summed E-state index contributed by atoms with van der Waals surface area (Å²) in [7, 11) is 0. The predicted octanol–water partition coefficient (Wildman–Crippen LogP) is 7.08. The van der Waals surface area contributed by atoms with Gasteiger partial charge in [0.05, 0.1) is 23.4 Å². The molecule has 0 aliphatic carbocycles. The molecule has 1 fully saturated rings. The van der Waals surface area contributed by atoms with E-state index in [-0.39, 0.29) is 18.0 Å². The van der Waals surface area contributed by atoms with Crippen LogP contribution in [0.4, 0.5) is 20.8 Å². The van der Waals surface area contributed by atoms with Gasteiger partial charge in [-0.1, -0.05) is 6.07 Å². The summed E-state index contributed by atoms with van der Waals surface area (Å²) in [4.78, 5) is 28.5. The standard InChI is InChI=1S/C31H35FN6O2/c1-20-16-21(2)18-24(17-20)35-29-33-13-10-26(36-29)28-27(22-6-8-23(32)9-7-22)34-19-38(28)25-11-14-37(15-12-25)30(39)40-31(3,4)5/h6-10,13,16-19,25H,11-12,14-15H2,1-5H3,(H,33,35,36). The minimum Gasteiger partial charge on any atom is -0.444 e. The first kappa shape index (κ1) is 27.3. The fourth-order valence-electron chi connectivity index (χ4n) is 5.09. The molecule has 40 heavy (non-hydrogen) atoms. The van der Waals surface area contributed by atoms with Crippen LogP contribution in [0, 0.1) is 19.7 Å². The molecule has 0 atom stereocenters. The van der Waals surface area contributed by atoms with E-state index >= 15 is 0 Å². The Kier molecular flexibility index (Phi) is 7.56. The average molecular weight is 543 g/mol. The summed E-state index contributed by atoms with van der Waals surface area (Å²) in [6, 6.07) is 14.5. The fourth-order valence-corrected chi connectivity index (χ4v) is 5.09. The highest BCUT2D eigenvalue weighted by molar-refractivity contribution is 5.77. The number of anilines is 2. The molecule has 1 amide bonds. The predicted molar refractivity (Wildman–Crippen MR) is 154 cm³/mol. The van der Waals surface area contributed by atoms with Gasteiger partial charge < -0.3 is 19.5 Å². The van der Waals surface area contributed by atoms with E-state index in [0.29, 0.717) is 30.4 Å². The molecule has 208 valence electrons. The van der Waals surface area contributed by atoms with Crippen molar-refractivity contribution in [3.8, 4) is 22.6 Å². The number of nitrogens with one attached hydrogen (secondary N) is 1. The van der Waals surface area contributed by atoms with Crippen molar-refractivity contribution in [3.05, 3.63) is 78.0 Å². The molecule has 2 aromatic carbocycles. The molecule has 0 bridgehead atoms. The lowest BCUT2D eigenvalue weighted by atomic mass is 10.0. The van der Waals surface area contributed by atoms with Gasteiger partial charge in [0.15, 0.2) is 0 Å². The molecule has 4 aromatic rings. The van der Waals surface area contributed by atoms with Crippen molar-refractivity contribution < 1.29 is 13.9 Å². The Morgan fingerprint density at radius 3 is 2.33 bits per heavy atom. The van der Waals surface area contributed by atoms with E-state index < -0.39 is 5.60 Å². The molecule has 0 saturated carbocycles. The zero-order chi connectivity index (χ0) is 28.4. The number of aromatic nitrogens is 4. The van der Waals surface area contributed by atoms with Crippen molar-refractivity contribution in [1.29, 1.82) is 0 Å². The molecule has 9 heteroatoms. The lowest BCUT2D eigenvalue weighted by Crippen LogP contribution is -2.42. The van der Waals surface area contributed by atoms with E-state index in [2.05, 4.69) is 46.9 Å². The minimum atomic E-state index is -0.536. The van der Waals surface area contributed by atoms with Gasteiger partial charge >= 0.3 is 6.09 Å². The van der Waals surface area contributed by atoms with Gasteiger partial charge in [-0.3, -0.25) is 0 Å². The number of piperidine rings is 1. The highest BCUT2D eigenvalue weighted by atomic mass is 19.1. The summed E-state index contributed by atoms with van der Waals surface area (Å²) >= 11 is 0. The third kappa shape index (κ3) is 6.30. The fraction of sp³-hybridized carbons (Fsp3) is 0.355. The molecule has 0 spiro atoms. The first-order valence-corrected chi connectivity index (χ1v) is 13.6. The molecule has 3 heterocycles. The third-order valence-corrected chi connectivity index (χ3v) is 6.80. The van der Waals surface area contributed by atoms with Gasteiger partial charge in [0.1, 0.15) is 11.4 Å². The lowest BCUT2D eigenvalue weighted by Gasteiger charge is -2.34. The van der Waals surface area contributed by atoms with E-state index in [4.69, 9.17) is 14.7 Å². The summed E-state index contributed by atoms with van der Waals surface area (Å²) in [5, 5.41) is 3.33. The maximum absolute atomic E-state index is 13.7. The molecule has 8 nitrogen and oxygen atoms in total. The van der Waals surface area contributed by atoms with E-state index in [0.717, 1.165) is 40.9 Å². The molecule has 1 aliphatic heterocycles. The summed E-state index contributed by atoms with van der Waals surface area (Å²) < 4.78 is 21.5. The number of aryl methyl sites for hydroxylation is 2. The molecular formula is C31H35FN6O2. The molecule has 1 saturated heterocycles. The smallest absolute Gasteiger partial charge is 0.410 e. The van der Waals surface area contributed by atoms with Gasteiger partial charge in [0.25, 0.3) is 0 Å². The Balaban J connectivity index is 1.47. The largest absolute Gasteiger partial charge is 0.444 e. The Bertz CT molecular complexity index is 1480. The van der Waals surface area contributed by atoms with E-state index in [1.54, 1.807) is 23.2 Å². The molecule has 0 radical (unpaired) electrons. The number of amides is 1. The molecule has 0 unspecified atom stereocenters. The Morgan fingerprint density at radius 1 is 1.00 bits per heavy atom. The number of nitrogens with zero attached hydrogens (tertiary/aromatic N) is 5. The zero-order valence-electron chi connectivity index (χ0n) is 23.6. The number of ether oxygens (including phenoxy) is 1. The number of carbonyl (C=O) groups excluding carboxylic acids is 1. The van der Waals surface area contributed by atoms with Crippen LogP contribution in [0.15, 0.2) is 61.1 Å². The normalized spacial score (nSPS) is 14.3. The maximum atomic E-state index is 13.7. The van der Waals surface area contributed by atoms with Crippen molar-refractivity contribution in [2.75, 3.05) is 18.4 Å². The van der Waals surface area contributed by atoms with Crippen LogP contribution < -0.4 is 5.32 Å². The van der Waals surface area contributed by atoms with Crippen molar-refractivity contribution >= 4 is 17.7 Å². The van der Waals surface area contributed by atoms with Crippen LogP contribution in [0.5, 0.6) is 0 Å². The van der Waals surface area contributed by atoms with Crippen LogP contribution >= 0.6 is 0 Å². The van der Waals surface area contributed by atoms with Crippen LogP contribution in [0.1, 0.15) is 50.8 Å². The molecule has 1 N–H and O–H groups in total. The van der Waals surface area contributed by atoms with Crippen LogP contribution in [-0.4, -0.2) is 49.2 Å². The maximum Gasteiger partial charge on any atom is 0.410 e. The summed E-state index contributed by atoms with van der Waals surface area (Å²) in [6.45, 7) is 10.9. The van der Waals surface area contributed by atoms with Gasteiger partial charge in [-0.2, -0.15) is 0 Å². The van der Waals surface area contributed by atoms with Gasteiger partial charge in [0, 0.05) is 36.6 Å². The summed E-state index contributed by atoms with van der Waals surface area (Å²) in [5.74, 6) is 0.168. The molecule has 2 aromatic heterocycles. The average Bonchev–Trinajstić information content (AvgIpc) is 3.33.